The maximum atomic E-state index is 12.5. The van der Waals surface area contributed by atoms with Crippen LogP contribution < -0.4 is 5.73 Å². The van der Waals surface area contributed by atoms with E-state index in [1.54, 1.807) is 22.6 Å². The van der Waals surface area contributed by atoms with E-state index in [1.807, 2.05) is 0 Å². The van der Waals surface area contributed by atoms with Crippen molar-refractivity contribution in [3.8, 4) is 0 Å². The Labute approximate surface area is 96.8 Å². The Hall–Kier alpha value is -0.500. The average molecular weight is 332 g/mol. The third kappa shape index (κ3) is 2.11. The van der Waals surface area contributed by atoms with Crippen LogP contribution >= 0.6 is 34.2 Å². The lowest BCUT2D eigenvalue weighted by atomic mass is 10.2. The molecule has 0 saturated heterocycles. The number of hydrogen-bond donors (Lipinski definition) is 1. The highest BCUT2D eigenvalue weighted by Gasteiger charge is 2.23. The van der Waals surface area contributed by atoms with Crippen LogP contribution in [0, 0.1) is 3.57 Å². The summed E-state index contributed by atoms with van der Waals surface area (Å²) < 4.78 is 25.1. The normalized spacial score (nSPS) is 10.6. The standard InChI is InChI=1S/C7H4ClF2IN2O/c8-6(14)5-3(7(9)10)4(11)2(12)1-13-5/h1,7H,12H2. The monoisotopic (exact) mass is 332 g/mol. The van der Waals surface area contributed by atoms with Gasteiger partial charge in [0.25, 0.3) is 11.7 Å². The first-order valence-corrected chi connectivity index (χ1v) is 4.82. The van der Waals surface area contributed by atoms with Crippen LogP contribution in [-0.2, 0) is 0 Å². The molecule has 0 aliphatic rings. The number of alkyl halides is 2. The summed E-state index contributed by atoms with van der Waals surface area (Å²) in [5.41, 5.74) is 4.52. The van der Waals surface area contributed by atoms with Gasteiger partial charge in [0.2, 0.25) is 0 Å². The molecule has 14 heavy (non-hydrogen) atoms. The van der Waals surface area contributed by atoms with E-state index in [0.29, 0.717) is 0 Å². The number of nitrogens with two attached hydrogens (primary N) is 1. The summed E-state index contributed by atoms with van der Waals surface area (Å²) >= 11 is 6.72. The minimum atomic E-state index is -2.82. The van der Waals surface area contributed by atoms with E-state index in [4.69, 9.17) is 17.3 Å². The number of carbonyl (C=O) groups excluding carboxylic acids is 1. The van der Waals surface area contributed by atoms with Gasteiger partial charge in [-0.05, 0) is 34.2 Å². The van der Waals surface area contributed by atoms with Crippen LogP contribution in [0.25, 0.3) is 0 Å². The third-order valence-electron chi connectivity index (χ3n) is 1.48. The molecule has 0 saturated carbocycles. The fourth-order valence-corrected chi connectivity index (χ4v) is 1.66. The summed E-state index contributed by atoms with van der Waals surface area (Å²) in [5, 5.41) is -1.02. The van der Waals surface area contributed by atoms with Crippen LogP contribution in [0.15, 0.2) is 6.20 Å². The summed E-state index contributed by atoms with van der Waals surface area (Å²) in [6.07, 6.45) is -1.70. The minimum Gasteiger partial charge on any atom is -0.397 e. The van der Waals surface area contributed by atoms with Crippen molar-refractivity contribution in [2.45, 2.75) is 6.43 Å². The fourth-order valence-electron chi connectivity index (χ4n) is 0.876. The molecule has 1 heterocycles. The maximum absolute atomic E-state index is 12.5. The molecular weight excluding hydrogens is 328 g/mol. The first-order chi connectivity index (χ1) is 6.45. The number of anilines is 1. The van der Waals surface area contributed by atoms with Gasteiger partial charge in [-0.2, -0.15) is 0 Å². The number of halogens is 4. The lowest BCUT2D eigenvalue weighted by Crippen LogP contribution is -2.07. The predicted octanol–water partition coefficient (Wildman–Crippen LogP) is 2.58. The minimum absolute atomic E-state index is 0.0996. The molecule has 0 unspecified atom stereocenters. The molecule has 0 radical (unpaired) electrons. The number of carbonyl (C=O) groups is 1. The van der Waals surface area contributed by atoms with Crippen molar-refractivity contribution in [3.63, 3.8) is 0 Å². The second kappa shape index (κ2) is 4.35. The molecule has 0 bridgehead atoms. The Bertz CT molecular complexity index is 386. The second-order valence-electron chi connectivity index (χ2n) is 2.36. The van der Waals surface area contributed by atoms with Gasteiger partial charge in [0.15, 0.2) is 0 Å². The number of hydrogen-bond acceptors (Lipinski definition) is 3. The molecule has 0 fully saturated rings. The quantitative estimate of drug-likeness (QED) is 0.669. The van der Waals surface area contributed by atoms with Crippen molar-refractivity contribution < 1.29 is 13.6 Å². The van der Waals surface area contributed by atoms with Crippen molar-refractivity contribution in [1.82, 2.24) is 4.98 Å². The molecule has 0 spiro atoms. The molecule has 7 heteroatoms. The van der Waals surface area contributed by atoms with Crippen LogP contribution in [0.1, 0.15) is 22.5 Å². The fraction of sp³-hybridized carbons (Fsp3) is 0.143. The van der Waals surface area contributed by atoms with Gasteiger partial charge >= 0.3 is 0 Å². The topological polar surface area (TPSA) is 56.0 Å². The van der Waals surface area contributed by atoms with Gasteiger partial charge in [-0.1, -0.05) is 0 Å². The Morgan fingerprint density at radius 1 is 1.64 bits per heavy atom. The summed E-state index contributed by atoms with van der Waals surface area (Å²) in [7, 11) is 0. The van der Waals surface area contributed by atoms with Gasteiger partial charge < -0.3 is 5.73 Å². The molecule has 0 amide bonds. The molecule has 1 aromatic rings. The van der Waals surface area contributed by atoms with Gasteiger partial charge in [0.1, 0.15) is 5.69 Å². The van der Waals surface area contributed by atoms with Crippen molar-refractivity contribution in [3.05, 3.63) is 21.0 Å². The number of rotatable bonds is 2. The molecular formula is C7H4ClF2IN2O. The SMILES string of the molecule is Nc1cnc(C(=O)Cl)c(C(F)F)c1I. The smallest absolute Gasteiger partial charge is 0.271 e. The molecule has 1 rings (SSSR count). The third-order valence-corrected chi connectivity index (χ3v) is 2.87. The average Bonchev–Trinajstić information content (AvgIpc) is 2.08. The van der Waals surface area contributed by atoms with Crippen LogP contribution in [-0.4, -0.2) is 10.2 Å². The number of nitrogen functional groups attached to an aromatic ring is 1. The lowest BCUT2D eigenvalue weighted by molar-refractivity contribution is 0.106. The zero-order valence-corrected chi connectivity index (χ0v) is 9.51. The van der Waals surface area contributed by atoms with Crippen molar-refractivity contribution in [2.75, 3.05) is 5.73 Å². The van der Waals surface area contributed by atoms with E-state index >= 15 is 0 Å². The Morgan fingerprint density at radius 2 is 2.21 bits per heavy atom. The zero-order valence-electron chi connectivity index (χ0n) is 6.60. The number of aromatic nitrogens is 1. The molecule has 2 N–H and O–H groups in total. The van der Waals surface area contributed by atoms with Gasteiger partial charge in [-0.3, -0.25) is 4.79 Å². The van der Waals surface area contributed by atoms with Gasteiger partial charge in [0, 0.05) is 3.57 Å². The first-order valence-electron chi connectivity index (χ1n) is 3.37. The van der Waals surface area contributed by atoms with Crippen LogP contribution in [0.3, 0.4) is 0 Å². The highest BCUT2D eigenvalue weighted by atomic mass is 127. The van der Waals surface area contributed by atoms with E-state index in [0.717, 1.165) is 6.20 Å². The second-order valence-corrected chi connectivity index (χ2v) is 3.79. The number of pyridine rings is 1. The summed E-state index contributed by atoms with van der Waals surface area (Å²) in [6, 6.07) is 0. The van der Waals surface area contributed by atoms with E-state index < -0.39 is 22.9 Å². The molecule has 0 atom stereocenters. The summed E-state index contributed by atoms with van der Waals surface area (Å²) in [4.78, 5) is 14.2. The molecule has 76 valence electrons. The van der Waals surface area contributed by atoms with Crippen LogP contribution in [0.5, 0.6) is 0 Å². The van der Waals surface area contributed by atoms with E-state index in [2.05, 4.69) is 4.98 Å². The highest BCUT2D eigenvalue weighted by Crippen LogP contribution is 2.30. The van der Waals surface area contributed by atoms with E-state index in [1.165, 1.54) is 0 Å². The Kier molecular flexibility index (Phi) is 3.59. The van der Waals surface area contributed by atoms with Crippen molar-refractivity contribution >= 4 is 45.1 Å². The van der Waals surface area contributed by atoms with E-state index in [-0.39, 0.29) is 9.26 Å². The summed E-state index contributed by atoms with van der Waals surface area (Å²) in [6.45, 7) is 0. The Balaban J connectivity index is 3.45. The van der Waals surface area contributed by atoms with Gasteiger partial charge in [-0.15, -0.1) is 0 Å². The molecule has 1 aromatic heterocycles. The van der Waals surface area contributed by atoms with Crippen molar-refractivity contribution in [1.29, 1.82) is 0 Å². The lowest BCUT2D eigenvalue weighted by Gasteiger charge is -2.08. The first kappa shape index (κ1) is 11.6. The molecule has 3 nitrogen and oxygen atoms in total. The summed E-state index contributed by atoms with van der Waals surface area (Å²) in [5.74, 6) is 0. The molecule has 0 aliphatic carbocycles. The van der Waals surface area contributed by atoms with Crippen molar-refractivity contribution in [2.24, 2.45) is 0 Å². The van der Waals surface area contributed by atoms with Gasteiger partial charge in [0.05, 0.1) is 17.4 Å². The molecule has 0 aliphatic heterocycles. The number of nitrogens with zero attached hydrogens (tertiary/aromatic N) is 1. The predicted molar refractivity (Wildman–Crippen MR) is 56.5 cm³/mol. The maximum Gasteiger partial charge on any atom is 0.271 e. The van der Waals surface area contributed by atoms with Gasteiger partial charge in [-0.25, -0.2) is 13.8 Å². The molecule has 0 aromatic carbocycles. The van der Waals surface area contributed by atoms with Crippen LogP contribution in [0.4, 0.5) is 14.5 Å². The highest BCUT2D eigenvalue weighted by molar-refractivity contribution is 14.1. The van der Waals surface area contributed by atoms with E-state index in [9.17, 15) is 13.6 Å². The zero-order chi connectivity index (χ0) is 10.9. The largest absolute Gasteiger partial charge is 0.397 e. The van der Waals surface area contributed by atoms with Crippen LogP contribution in [0.2, 0.25) is 0 Å². The Morgan fingerprint density at radius 3 is 2.64 bits per heavy atom.